The van der Waals surface area contributed by atoms with E-state index in [0.717, 1.165) is 11.1 Å². The van der Waals surface area contributed by atoms with Crippen molar-refractivity contribution >= 4 is 11.9 Å². The highest BCUT2D eigenvalue weighted by Gasteiger charge is 2.26. The van der Waals surface area contributed by atoms with Gasteiger partial charge in [-0.2, -0.15) is 0 Å². The van der Waals surface area contributed by atoms with Crippen molar-refractivity contribution in [1.82, 2.24) is 5.32 Å². The van der Waals surface area contributed by atoms with Crippen LogP contribution < -0.4 is 5.32 Å². The van der Waals surface area contributed by atoms with Gasteiger partial charge in [0.1, 0.15) is 6.61 Å². The number of aromatic hydroxyl groups is 2. The predicted molar refractivity (Wildman–Crippen MR) is 165 cm³/mol. The molecule has 1 aromatic rings. The monoisotopic (exact) mass is 581 g/mol. The molecule has 0 saturated carbocycles. The first kappa shape index (κ1) is 34.6. The van der Waals surface area contributed by atoms with Crippen molar-refractivity contribution < 1.29 is 34.0 Å². The second-order valence-electron chi connectivity index (χ2n) is 11.2. The lowest BCUT2D eigenvalue weighted by molar-refractivity contribution is -0.139. The Labute approximate surface area is 250 Å². The van der Waals surface area contributed by atoms with E-state index in [0.29, 0.717) is 31.9 Å². The van der Waals surface area contributed by atoms with Crippen molar-refractivity contribution in [3.05, 3.63) is 82.5 Å². The fourth-order valence-corrected chi connectivity index (χ4v) is 4.62. The molecule has 1 amide bonds. The fourth-order valence-electron chi connectivity index (χ4n) is 4.62. The van der Waals surface area contributed by atoms with E-state index in [1.165, 1.54) is 48.6 Å². The van der Waals surface area contributed by atoms with Gasteiger partial charge in [-0.3, -0.25) is 4.79 Å². The molecular formula is C34H47NO7. The zero-order valence-corrected chi connectivity index (χ0v) is 25.7. The number of nitrogens with one attached hydrogen (secondary N) is 1. The lowest BCUT2D eigenvalue weighted by Crippen LogP contribution is -2.29. The van der Waals surface area contributed by atoms with Gasteiger partial charge in [-0.05, 0) is 74.3 Å². The van der Waals surface area contributed by atoms with Gasteiger partial charge in [-0.15, -0.1) is 0 Å². The molecule has 230 valence electrons. The minimum Gasteiger partial charge on any atom is -0.504 e. The number of amides is 1. The molecule has 0 saturated heterocycles. The van der Waals surface area contributed by atoms with Crippen LogP contribution in [0.2, 0.25) is 0 Å². The maximum atomic E-state index is 12.0. The summed E-state index contributed by atoms with van der Waals surface area (Å²) in [4.78, 5) is 24.0. The highest BCUT2D eigenvalue weighted by atomic mass is 16.6. The number of hydrogen-bond donors (Lipinski definition) is 3. The Balaban J connectivity index is 1.54. The van der Waals surface area contributed by atoms with Gasteiger partial charge in [0.05, 0.1) is 32.8 Å². The van der Waals surface area contributed by atoms with Crippen molar-refractivity contribution in [2.45, 2.75) is 60.3 Å². The number of benzene rings is 1. The van der Waals surface area contributed by atoms with Crippen LogP contribution in [0.1, 0.15) is 59.4 Å². The zero-order valence-electron chi connectivity index (χ0n) is 25.7. The lowest BCUT2D eigenvalue weighted by Gasteiger charge is -2.32. The number of allylic oxidation sites excluding steroid dienone is 9. The van der Waals surface area contributed by atoms with E-state index in [1.54, 1.807) is 6.07 Å². The molecule has 42 heavy (non-hydrogen) atoms. The molecule has 1 aliphatic rings. The molecule has 8 heteroatoms. The summed E-state index contributed by atoms with van der Waals surface area (Å²) in [7, 11) is 0. The van der Waals surface area contributed by atoms with Crippen molar-refractivity contribution in [2.75, 3.05) is 39.6 Å². The molecule has 0 fully saturated rings. The molecule has 0 spiro atoms. The van der Waals surface area contributed by atoms with E-state index >= 15 is 0 Å². The third kappa shape index (κ3) is 13.4. The quantitative estimate of drug-likeness (QED) is 0.0736. The van der Waals surface area contributed by atoms with Gasteiger partial charge < -0.3 is 29.7 Å². The Hall–Kier alpha value is -3.62. The van der Waals surface area contributed by atoms with E-state index in [1.807, 2.05) is 25.2 Å². The Morgan fingerprint density at radius 1 is 0.976 bits per heavy atom. The summed E-state index contributed by atoms with van der Waals surface area (Å²) in [6.45, 7) is 12.5. The highest BCUT2D eigenvalue weighted by molar-refractivity contribution is 5.83. The lowest BCUT2D eigenvalue weighted by atomic mass is 9.72. The summed E-state index contributed by atoms with van der Waals surface area (Å²) >= 11 is 0. The van der Waals surface area contributed by atoms with Crippen molar-refractivity contribution in [3.8, 4) is 11.5 Å². The Morgan fingerprint density at radius 2 is 1.69 bits per heavy atom. The second-order valence-corrected chi connectivity index (χ2v) is 11.2. The van der Waals surface area contributed by atoms with Crippen molar-refractivity contribution in [2.24, 2.45) is 5.41 Å². The number of carbonyl (C=O) groups is 2. The minimum atomic E-state index is -0.419. The van der Waals surface area contributed by atoms with E-state index in [2.05, 4.69) is 45.2 Å². The smallest absolute Gasteiger partial charge is 0.331 e. The standard InChI is InChI=1S/C34H47NO7/c1-25(11-13-29-27(3)10-7-15-34(29,4)5)8-6-9-26(2)22-33(39)42-21-20-41-19-18-40-17-16-35-32(38)24-28-12-14-30(36)31(37)23-28/h6,8-9,11-14,22-23,36-37H,7,10,15-21,24H2,1-5H3,(H,35,38)/b9-6+,13-11+,25-8+,26-22+. The minimum absolute atomic E-state index is 0.0895. The summed E-state index contributed by atoms with van der Waals surface area (Å²) in [6, 6.07) is 4.27. The molecule has 8 nitrogen and oxygen atoms in total. The maximum Gasteiger partial charge on any atom is 0.331 e. The average Bonchev–Trinajstić information content (AvgIpc) is 2.91. The van der Waals surface area contributed by atoms with E-state index in [4.69, 9.17) is 14.2 Å². The molecule has 0 heterocycles. The number of ether oxygens (including phenoxy) is 3. The van der Waals surface area contributed by atoms with Crippen LogP contribution in [-0.4, -0.2) is 61.7 Å². The second kappa shape index (κ2) is 18.0. The highest BCUT2D eigenvalue weighted by Crippen LogP contribution is 2.40. The van der Waals surface area contributed by atoms with Crippen molar-refractivity contribution in [1.29, 1.82) is 0 Å². The summed E-state index contributed by atoms with van der Waals surface area (Å²) < 4.78 is 16.0. The molecule has 0 bridgehead atoms. The number of rotatable bonds is 16. The number of phenols is 2. The number of hydrogen-bond acceptors (Lipinski definition) is 7. The normalized spacial score (nSPS) is 15.9. The summed E-state index contributed by atoms with van der Waals surface area (Å²) in [5.74, 6) is -1.12. The van der Waals surface area contributed by atoms with Gasteiger partial charge in [-0.1, -0.05) is 61.4 Å². The summed E-state index contributed by atoms with van der Waals surface area (Å²) in [6.07, 6.45) is 15.4. The maximum absolute atomic E-state index is 12.0. The molecule has 1 aliphatic carbocycles. The largest absolute Gasteiger partial charge is 0.504 e. The van der Waals surface area contributed by atoms with Gasteiger partial charge in [-0.25, -0.2) is 4.79 Å². The van der Waals surface area contributed by atoms with Gasteiger partial charge in [0, 0.05) is 12.6 Å². The molecular weight excluding hydrogens is 534 g/mol. The SMILES string of the molecule is CC1=C(/C=C/C(C)=C/C=C/C(C)=C/C(=O)OCCOCCOCCNC(=O)Cc2ccc(O)c(O)c2)C(C)(C)CCC1. The van der Waals surface area contributed by atoms with Gasteiger partial charge in [0.25, 0.3) is 0 Å². The number of carbonyl (C=O) groups excluding carboxylic acids is 2. The van der Waals surface area contributed by atoms with Crippen LogP contribution in [0, 0.1) is 5.41 Å². The molecule has 2 rings (SSSR count). The van der Waals surface area contributed by atoms with Gasteiger partial charge in [0.2, 0.25) is 5.91 Å². The van der Waals surface area contributed by atoms with E-state index in [-0.39, 0.29) is 42.5 Å². The molecule has 3 N–H and O–H groups in total. The zero-order chi connectivity index (χ0) is 31.0. The Kier molecular flexibility index (Phi) is 14.8. The van der Waals surface area contributed by atoms with Gasteiger partial charge in [0.15, 0.2) is 11.5 Å². The summed E-state index contributed by atoms with van der Waals surface area (Å²) in [5, 5.41) is 21.5. The van der Waals surface area contributed by atoms with Crippen LogP contribution in [0.3, 0.4) is 0 Å². The van der Waals surface area contributed by atoms with Crippen LogP contribution in [0.5, 0.6) is 11.5 Å². The Morgan fingerprint density at radius 3 is 2.40 bits per heavy atom. The molecule has 0 radical (unpaired) electrons. The first-order valence-corrected chi connectivity index (χ1v) is 14.5. The third-order valence-electron chi connectivity index (χ3n) is 6.94. The first-order valence-electron chi connectivity index (χ1n) is 14.5. The van der Waals surface area contributed by atoms with E-state index in [9.17, 15) is 19.8 Å². The Bertz CT molecular complexity index is 1200. The molecule has 0 atom stereocenters. The van der Waals surface area contributed by atoms with Crippen molar-refractivity contribution in [3.63, 3.8) is 0 Å². The third-order valence-corrected chi connectivity index (χ3v) is 6.94. The number of esters is 1. The van der Waals surface area contributed by atoms with Crippen LogP contribution in [0.15, 0.2) is 76.9 Å². The van der Waals surface area contributed by atoms with Crippen LogP contribution in [0.25, 0.3) is 0 Å². The first-order chi connectivity index (χ1) is 20.0. The number of phenolic OH excluding ortho intramolecular Hbond substituents is 2. The molecule has 1 aromatic carbocycles. The molecule has 0 aromatic heterocycles. The van der Waals surface area contributed by atoms with Crippen LogP contribution >= 0.6 is 0 Å². The predicted octanol–water partition coefficient (Wildman–Crippen LogP) is 5.86. The fraction of sp³-hybridized carbons (Fsp3) is 0.471. The van der Waals surface area contributed by atoms with Gasteiger partial charge >= 0.3 is 5.97 Å². The van der Waals surface area contributed by atoms with Crippen LogP contribution in [-0.2, 0) is 30.2 Å². The average molecular weight is 582 g/mol. The summed E-state index contributed by atoms with van der Waals surface area (Å²) in [5.41, 5.74) is 5.67. The van der Waals surface area contributed by atoms with E-state index < -0.39 is 5.97 Å². The molecule has 0 aliphatic heterocycles. The topological polar surface area (TPSA) is 114 Å². The van der Waals surface area contributed by atoms with Crippen LogP contribution in [0.4, 0.5) is 0 Å². The molecule has 0 unspecified atom stereocenters.